The van der Waals surface area contributed by atoms with Crippen LogP contribution in [0.15, 0.2) is 48.5 Å². The summed E-state index contributed by atoms with van der Waals surface area (Å²) < 4.78 is 13.4. The van der Waals surface area contributed by atoms with Crippen LogP contribution in [-0.4, -0.2) is 5.91 Å². The number of hydrogen-bond acceptors (Lipinski definition) is 1. The van der Waals surface area contributed by atoms with Crippen LogP contribution in [0, 0.1) is 5.82 Å². The van der Waals surface area contributed by atoms with Crippen LogP contribution in [0.5, 0.6) is 0 Å². The van der Waals surface area contributed by atoms with Gasteiger partial charge in [0, 0.05) is 5.02 Å². The average Bonchev–Trinajstić information content (AvgIpc) is 2.35. The molecule has 1 amide bonds. The molecule has 92 valence electrons. The van der Waals surface area contributed by atoms with Gasteiger partial charge in [-0.15, -0.1) is 0 Å². The van der Waals surface area contributed by atoms with Gasteiger partial charge in [-0.25, -0.2) is 4.39 Å². The van der Waals surface area contributed by atoms with Crippen molar-refractivity contribution in [3.05, 3.63) is 64.9 Å². The molecular weight excluding hydrogens is 253 g/mol. The van der Waals surface area contributed by atoms with Crippen molar-refractivity contribution >= 4 is 23.2 Å². The first-order valence-corrected chi connectivity index (χ1v) is 5.82. The number of hydrogen-bond donors (Lipinski definition) is 1. The van der Waals surface area contributed by atoms with Gasteiger partial charge in [0.1, 0.15) is 5.82 Å². The monoisotopic (exact) mass is 263 g/mol. The Hall–Kier alpha value is -1.87. The Morgan fingerprint density at radius 2 is 1.89 bits per heavy atom. The first kappa shape index (κ1) is 12.6. The Balaban J connectivity index is 2.05. The number of nitrogens with one attached hydrogen (secondary N) is 1. The van der Waals surface area contributed by atoms with E-state index in [0.717, 1.165) is 5.56 Å². The predicted molar refractivity (Wildman–Crippen MR) is 70.2 cm³/mol. The lowest BCUT2D eigenvalue weighted by molar-refractivity contribution is -0.115. The summed E-state index contributed by atoms with van der Waals surface area (Å²) in [6.45, 7) is 0. The van der Waals surface area contributed by atoms with Gasteiger partial charge in [-0.05, 0) is 23.8 Å². The number of amides is 1. The maximum atomic E-state index is 13.4. The fourth-order valence-electron chi connectivity index (χ4n) is 1.57. The number of rotatable bonds is 3. The van der Waals surface area contributed by atoms with Crippen LogP contribution >= 0.6 is 11.6 Å². The summed E-state index contributed by atoms with van der Waals surface area (Å²) in [5.41, 5.74) is 0.973. The molecule has 0 aliphatic rings. The van der Waals surface area contributed by atoms with Crippen molar-refractivity contribution in [1.82, 2.24) is 0 Å². The van der Waals surface area contributed by atoms with E-state index in [1.807, 2.05) is 30.3 Å². The fraction of sp³-hybridized carbons (Fsp3) is 0.0714. The molecule has 0 aromatic heterocycles. The van der Waals surface area contributed by atoms with Gasteiger partial charge in [0.05, 0.1) is 12.1 Å². The third-order valence-corrected chi connectivity index (χ3v) is 2.65. The fourth-order valence-corrected chi connectivity index (χ4v) is 1.74. The summed E-state index contributed by atoms with van der Waals surface area (Å²) in [5, 5.41) is 2.88. The van der Waals surface area contributed by atoms with Crippen molar-refractivity contribution in [3.63, 3.8) is 0 Å². The highest BCUT2D eigenvalue weighted by Gasteiger charge is 2.08. The second-order valence-corrected chi connectivity index (χ2v) is 4.27. The van der Waals surface area contributed by atoms with Crippen LogP contribution in [0.2, 0.25) is 5.02 Å². The molecule has 18 heavy (non-hydrogen) atoms. The highest BCUT2D eigenvalue weighted by atomic mass is 35.5. The Kier molecular flexibility index (Phi) is 3.95. The van der Waals surface area contributed by atoms with Gasteiger partial charge in [0.25, 0.3) is 0 Å². The van der Waals surface area contributed by atoms with E-state index in [4.69, 9.17) is 11.6 Å². The third kappa shape index (κ3) is 3.31. The van der Waals surface area contributed by atoms with E-state index in [1.165, 1.54) is 18.2 Å². The lowest BCUT2D eigenvalue weighted by Gasteiger charge is -2.06. The van der Waals surface area contributed by atoms with E-state index >= 15 is 0 Å². The molecule has 2 nitrogen and oxygen atoms in total. The number of carbonyl (C=O) groups is 1. The maximum Gasteiger partial charge on any atom is 0.228 e. The molecule has 0 saturated heterocycles. The maximum absolute atomic E-state index is 13.4. The molecule has 0 aliphatic carbocycles. The largest absolute Gasteiger partial charge is 0.323 e. The van der Waals surface area contributed by atoms with Crippen LogP contribution < -0.4 is 5.32 Å². The molecular formula is C14H11ClFNO. The molecule has 0 spiro atoms. The summed E-state index contributed by atoms with van der Waals surface area (Å²) in [6.07, 6.45) is 0.201. The summed E-state index contributed by atoms with van der Waals surface area (Å²) in [7, 11) is 0. The Morgan fingerprint density at radius 1 is 1.17 bits per heavy atom. The zero-order valence-corrected chi connectivity index (χ0v) is 10.2. The van der Waals surface area contributed by atoms with Crippen molar-refractivity contribution in [2.45, 2.75) is 6.42 Å². The molecule has 0 unspecified atom stereocenters. The van der Waals surface area contributed by atoms with E-state index in [1.54, 1.807) is 0 Å². The van der Waals surface area contributed by atoms with Gasteiger partial charge < -0.3 is 5.32 Å². The van der Waals surface area contributed by atoms with Crippen LogP contribution in [0.25, 0.3) is 0 Å². The summed E-state index contributed by atoms with van der Waals surface area (Å²) in [5.74, 6) is -0.775. The van der Waals surface area contributed by atoms with Gasteiger partial charge in [0.2, 0.25) is 5.91 Å². The molecule has 0 atom stereocenters. The zero-order valence-electron chi connectivity index (χ0n) is 9.49. The molecule has 0 radical (unpaired) electrons. The van der Waals surface area contributed by atoms with Crippen LogP contribution in [0.4, 0.5) is 10.1 Å². The van der Waals surface area contributed by atoms with Crippen molar-refractivity contribution in [3.8, 4) is 0 Å². The van der Waals surface area contributed by atoms with Crippen molar-refractivity contribution < 1.29 is 9.18 Å². The molecule has 0 heterocycles. The molecule has 4 heteroatoms. The predicted octanol–water partition coefficient (Wildman–Crippen LogP) is 3.66. The van der Waals surface area contributed by atoms with Crippen LogP contribution in [0.1, 0.15) is 5.56 Å². The van der Waals surface area contributed by atoms with E-state index in [0.29, 0.717) is 5.02 Å². The highest BCUT2D eigenvalue weighted by molar-refractivity contribution is 6.30. The number of benzene rings is 2. The van der Waals surface area contributed by atoms with Gasteiger partial charge in [-0.2, -0.15) is 0 Å². The van der Waals surface area contributed by atoms with Crippen molar-refractivity contribution in [2.24, 2.45) is 0 Å². The van der Waals surface area contributed by atoms with E-state index in [-0.39, 0.29) is 18.0 Å². The van der Waals surface area contributed by atoms with Crippen molar-refractivity contribution in [1.29, 1.82) is 0 Å². The molecule has 1 N–H and O–H groups in total. The van der Waals surface area contributed by atoms with Crippen LogP contribution in [-0.2, 0) is 11.2 Å². The van der Waals surface area contributed by atoms with E-state index < -0.39 is 5.82 Å². The normalized spacial score (nSPS) is 10.1. The first-order valence-electron chi connectivity index (χ1n) is 5.44. The topological polar surface area (TPSA) is 29.1 Å². The van der Waals surface area contributed by atoms with Crippen LogP contribution in [0.3, 0.4) is 0 Å². The Bertz CT molecular complexity index is 557. The molecule has 2 rings (SSSR count). The average molecular weight is 264 g/mol. The molecule has 0 fully saturated rings. The minimum absolute atomic E-state index is 0.100. The second-order valence-electron chi connectivity index (χ2n) is 3.83. The number of halogens is 2. The number of anilines is 1. The quantitative estimate of drug-likeness (QED) is 0.900. The lowest BCUT2D eigenvalue weighted by Crippen LogP contribution is -2.15. The number of carbonyl (C=O) groups excluding carboxylic acids is 1. The summed E-state index contributed by atoms with van der Waals surface area (Å²) in [4.78, 5) is 11.7. The van der Waals surface area contributed by atoms with E-state index in [9.17, 15) is 9.18 Å². The SMILES string of the molecule is O=C(Cc1ccccc1)Nc1cc(Cl)ccc1F. The van der Waals surface area contributed by atoms with Gasteiger partial charge in [0.15, 0.2) is 0 Å². The van der Waals surface area contributed by atoms with Gasteiger partial charge >= 0.3 is 0 Å². The third-order valence-electron chi connectivity index (χ3n) is 2.41. The minimum Gasteiger partial charge on any atom is -0.323 e. The molecule has 2 aromatic rings. The van der Waals surface area contributed by atoms with Gasteiger partial charge in [-0.3, -0.25) is 4.79 Å². The molecule has 0 aliphatic heterocycles. The minimum atomic E-state index is -0.499. The Morgan fingerprint density at radius 3 is 2.61 bits per heavy atom. The smallest absolute Gasteiger partial charge is 0.228 e. The van der Waals surface area contributed by atoms with Gasteiger partial charge in [-0.1, -0.05) is 41.9 Å². The van der Waals surface area contributed by atoms with Crippen molar-refractivity contribution in [2.75, 3.05) is 5.32 Å². The molecule has 2 aromatic carbocycles. The summed E-state index contributed by atoms with van der Waals surface area (Å²) >= 11 is 5.74. The zero-order chi connectivity index (χ0) is 13.0. The standard InChI is InChI=1S/C14H11ClFNO/c15-11-6-7-12(16)13(9-11)17-14(18)8-10-4-2-1-3-5-10/h1-7,9H,8H2,(H,17,18). The first-order chi connectivity index (χ1) is 8.65. The summed E-state index contributed by atoms with van der Waals surface area (Å²) in [6, 6.07) is 13.3. The lowest BCUT2D eigenvalue weighted by atomic mass is 10.1. The second kappa shape index (κ2) is 5.65. The Labute approximate surface area is 109 Å². The highest BCUT2D eigenvalue weighted by Crippen LogP contribution is 2.19. The molecule has 0 saturated carbocycles. The molecule has 0 bridgehead atoms. The van der Waals surface area contributed by atoms with E-state index in [2.05, 4.69) is 5.32 Å².